The number of rotatable bonds is 10. The summed E-state index contributed by atoms with van der Waals surface area (Å²) in [6, 6.07) is 8.02. The van der Waals surface area contributed by atoms with Gasteiger partial charge in [-0.2, -0.15) is 0 Å². The molecule has 116 valence electrons. The minimum atomic E-state index is 0. The van der Waals surface area contributed by atoms with Gasteiger partial charge in [-0.15, -0.1) is 24.8 Å². The van der Waals surface area contributed by atoms with Gasteiger partial charge in [0.25, 0.3) is 0 Å². The summed E-state index contributed by atoms with van der Waals surface area (Å²) in [5, 5.41) is 15.0. The molecule has 3 N–H and O–H groups in total. The molecule has 0 aliphatic carbocycles. The Morgan fingerprint density at radius 3 is 2.30 bits per heavy atom. The van der Waals surface area contributed by atoms with Gasteiger partial charge in [-0.25, -0.2) is 0 Å². The lowest BCUT2D eigenvalue weighted by atomic mass is 10.2. The van der Waals surface area contributed by atoms with Crippen molar-refractivity contribution in [2.45, 2.75) is 6.54 Å². The largest absolute Gasteiger partial charge is 0.490 e. The smallest absolute Gasteiger partial charge is 0.119 e. The van der Waals surface area contributed by atoms with Crippen molar-refractivity contribution in [2.75, 3.05) is 32.8 Å². The van der Waals surface area contributed by atoms with Gasteiger partial charge in [-0.1, -0.05) is 24.8 Å². The van der Waals surface area contributed by atoms with Crippen molar-refractivity contribution in [3.05, 3.63) is 42.5 Å². The van der Waals surface area contributed by atoms with E-state index in [-0.39, 0.29) is 31.4 Å². The topological polar surface area (TPSA) is 53.5 Å². The van der Waals surface area contributed by atoms with E-state index >= 15 is 0 Å². The van der Waals surface area contributed by atoms with Crippen LogP contribution in [0.3, 0.4) is 0 Å². The van der Waals surface area contributed by atoms with Gasteiger partial charge < -0.3 is 20.5 Å². The van der Waals surface area contributed by atoms with E-state index in [1.807, 2.05) is 24.3 Å². The number of aliphatic hydroxyl groups is 1. The monoisotopic (exact) mass is 322 g/mol. The molecule has 1 aromatic carbocycles. The zero-order valence-corrected chi connectivity index (χ0v) is 13.1. The number of benzene rings is 1. The molecule has 0 saturated carbocycles. The number of hydrogen-bond donors (Lipinski definition) is 3. The Morgan fingerprint density at radius 1 is 1.05 bits per heavy atom. The second kappa shape index (κ2) is 14.6. The zero-order chi connectivity index (χ0) is 13.1. The van der Waals surface area contributed by atoms with E-state index in [1.165, 1.54) is 5.56 Å². The van der Waals surface area contributed by atoms with Crippen molar-refractivity contribution < 1.29 is 9.84 Å². The fourth-order valence-corrected chi connectivity index (χ4v) is 1.47. The molecule has 1 aromatic rings. The number of hydrogen-bond acceptors (Lipinski definition) is 4. The van der Waals surface area contributed by atoms with E-state index in [2.05, 4.69) is 17.2 Å². The van der Waals surface area contributed by atoms with E-state index in [1.54, 1.807) is 6.08 Å². The first-order valence-corrected chi connectivity index (χ1v) is 6.21. The lowest BCUT2D eigenvalue weighted by Gasteiger charge is -2.07. The minimum Gasteiger partial charge on any atom is -0.490 e. The predicted molar refractivity (Wildman–Crippen MR) is 88.3 cm³/mol. The third kappa shape index (κ3) is 10.1. The third-order valence-electron chi connectivity index (χ3n) is 2.39. The van der Waals surface area contributed by atoms with Crippen LogP contribution >= 0.6 is 24.8 Å². The summed E-state index contributed by atoms with van der Waals surface area (Å²) in [7, 11) is 0. The van der Waals surface area contributed by atoms with E-state index in [0.717, 1.165) is 25.4 Å². The van der Waals surface area contributed by atoms with Gasteiger partial charge >= 0.3 is 0 Å². The lowest BCUT2D eigenvalue weighted by molar-refractivity contribution is 0.292. The fourth-order valence-electron chi connectivity index (χ4n) is 1.47. The van der Waals surface area contributed by atoms with Gasteiger partial charge in [0.1, 0.15) is 12.4 Å². The van der Waals surface area contributed by atoms with E-state index < -0.39 is 0 Å². The van der Waals surface area contributed by atoms with Crippen LogP contribution in [0.1, 0.15) is 5.56 Å². The van der Waals surface area contributed by atoms with Gasteiger partial charge in [0.15, 0.2) is 0 Å². The van der Waals surface area contributed by atoms with Crippen LogP contribution in [0.15, 0.2) is 36.9 Å². The standard InChI is InChI=1S/C14H22N2O2.2ClH/c1-2-11-18-14-5-3-13(4-6-14)12-16-8-7-15-9-10-17;;/h2-6,15-17H,1,7-12H2;2*1H. The number of aliphatic hydroxyl groups excluding tert-OH is 1. The van der Waals surface area contributed by atoms with Crippen LogP contribution in [0.2, 0.25) is 0 Å². The van der Waals surface area contributed by atoms with Crippen molar-refractivity contribution in [2.24, 2.45) is 0 Å². The summed E-state index contributed by atoms with van der Waals surface area (Å²) in [6.07, 6.45) is 1.73. The molecule has 0 aromatic heterocycles. The number of ether oxygens (including phenoxy) is 1. The Balaban J connectivity index is 0. The Labute approximate surface area is 133 Å². The van der Waals surface area contributed by atoms with E-state index in [0.29, 0.717) is 13.2 Å². The van der Waals surface area contributed by atoms with Crippen molar-refractivity contribution in [3.8, 4) is 5.75 Å². The van der Waals surface area contributed by atoms with Crippen molar-refractivity contribution >= 4 is 24.8 Å². The quantitative estimate of drug-likeness (QED) is 0.454. The molecule has 0 spiro atoms. The number of nitrogens with one attached hydrogen (secondary N) is 2. The molecular formula is C14H24Cl2N2O2. The molecule has 0 atom stereocenters. The normalized spacial score (nSPS) is 9.25. The lowest BCUT2D eigenvalue weighted by Crippen LogP contribution is -2.28. The van der Waals surface area contributed by atoms with E-state index in [9.17, 15) is 0 Å². The third-order valence-corrected chi connectivity index (χ3v) is 2.39. The fraction of sp³-hybridized carbons (Fsp3) is 0.429. The van der Waals surface area contributed by atoms with Crippen molar-refractivity contribution in [1.29, 1.82) is 0 Å². The molecule has 20 heavy (non-hydrogen) atoms. The average molecular weight is 323 g/mol. The first-order chi connectivity index (χ1) is 8.86. The van der Waals surface area contributed by atoms with Crippen LogP contribution in [0.5, 0.6) is 5.75 Å². The Kier molecular flexibility index (Phi) is 15.7. The highest BCUT2D eigenvalue weighted by molar-refractivity contribution is 5.85. The molecule has 0 aliphatic heterocycles. The van der Waals surface area contributed by atoms with Crippen molar-refractivity contribution in [1.82, 2.24) is 10.6 Å². The van der Waals surface area contributed by atoms with Crippen LogP contribution in [0, 0.1) is 0 Å². The second-order valence-corrected chi connectivity index (χ2v) is 3.89. The summed E-state index contributed by atoms with van der Waals surface area (Å²) in [4.78, 5) is 0. The van der Waals surface area contributed by atoms with Gasteiger partial charge in [-0.3, -0.25) is 0 Å². The molecule has 0 fully saturated rings. The highest BCUT2D eigenvalue weighted by Crippen LogP contribution is 2.11. The second-order valence-electron chi connectivity index (χ2n) is 3.89. The van der Waals surface area contributed by atoms with Crippen molar-refractivity contribution in [3.63, 3.8) is 0 Å². The molecule has 0 amide bonds. The van der Waals surface area contributed by atoms with Gasteiger partial charge in [-0.05, 0) is 17.7 Å². The summed E-state index contributed by atoms with van der Waals surface area (Å²) in [5.74, 6) is 0.864. The Morgan fingerprint density at radius 2 is 1.70 bits per heavy atom. The molecule has 0 unspecified atom stereocenters. The van der Waals surface area contributed by atoms with Crippen LogP contribution in [-0.4, -0.2) is 38.0 Å². The van der Waals surface area contributed by atoms with Crippen LogP contribution in [0.25, 0.3) is 0 Å². The molecule has 0 saturated heterocycles. The highest BCUT2D eigenvalue weighted by atomic mass is 35.5. The first-order valence-electron chi connectivity index (χ1n) is 6.21. The molecule has 4 nitrogen and oxygen atoms in total. The first kappa shape index (κ1) is 21.5. The molecule has 1 rings (SSSR count). The maximum atomic E-state index is 8.59. The summed E-state index contributed by atoms with van der Waals surface area (Å²) in [6.45, 7) is 7.56. The van der Waals surface area contributed by atoms with Crippen LogP contribution in [-0.2, 0) is 6.54 Å². The Hall–Kier alpha value is -0.780. The summed E-state index contributed by atoms with van der Waals surface area (Å²) < 4.78 is 5.41. The average Bonchev–Trinajstić information content (AvgIpc) is 2.42. The minimum absolute atomic E-state index is 0. The zero-order valence-electron chi connectivity index (χ0n) is 11.5. The summed E-state index contributed by atoms with van der Waals surface area (Å²) in [5.41, 5.74) is 1.23. The maximum absolute atomic E-state index is 8.59. The molecule has 0 radical (unpaired) electrons. The predicted octanol–water partition coefficient (Wildman–Crippen LogP) is 1.77. The summed E-state index contributed by atoms with van der Waals surface area (Å²) >= 11 is 0. The molecule has 0 aliphatic rings. The SMILES string of the molecule is C=CCOc1ccc(CNCCNCCO)cc1.Cl.Cl. The van der Waals surface area contributed by atoms with Gasteiger partial charge in [0, 0.05) is 26.2 Å². The van der Waals surface area contributed by atoms with Gasteiger partial charge in [0.2, 0.25) is 0 Å². The maximum Gasteiger partial charge on any atom is 0.119 e. The Bertz CT molecular complexity index is 334. The van der Waals surface area contributed by atoms with Crippen LogP contribution < -0.4 is 15.4 Å². The van der Waals surface area contributed by atoms with Gasteiger partial charge in [0.05, 0.1) is 6.61 Å². The molecule has 6 heteroatoms. The van der Waals surface area contributed by atoms with E-state index in [4.69, 9.17) is 9.84 Å². The highest BCUT2D eigenvalue weighted by Gasteiger charge is 1.95. The van der Waals surface area contributed by atoms with Crippen LogP contribution in [0.4, 0.5) is 0 Å². The molecular weight excluding hydrogens is 299 g/mol. The number of halogens is 2. The molecule has 0 heterocycles. The molecule has 0 bridgehead atoms.